The molecule has 5 heteroatoms. The zero-order chi connectivity index (χ0) is 19.3. The normalized spacial score (nSPS) is 11.9. The number of aromatic amines is 1. The van der Waals surface area contributed by atoms with Gasteiger partial charge in [0.15, 0.2) is 0 Å². The van der Waals surface area contributed by atoms with Crippen LogP contribution < -0.4 is 5.32 Å². The second kappa shape index (κ2) is 7.88. The number of para-hydroxylation sites is 1. The van der Waals surface area contributed by atoms with Gasteiger partial charge in [-0.2, -0.15) is 0 Å². The van der Waals surface area contributed by atoms with Gasteiger partial charge in [0, 0.05) is 5.56 Å². The van der Waals surface area contributed by atoms with Crippen molar-refractivity contribution in [3.8, 4) is 11.4 Å². The molecule has 2 N–H and O–H groups in total. The lowest BCUT2D eigenvalue weighted by Gasteiger charge is -2.13. The summed E-state index contributed by atoms with van der Waals surface area (Å²) in [5.74, 6) is 0.386. The van der Waals surface area contributed by atoms with Crippen LogP contribution in [-0.4, -0.2) is 28.2 Å². The zero-order valence-corrected chi connectivity index (χ0v) is 15.1. The summed E-state index contributed by atoms with van der Waals surface area (Å²) in [6, 6.07) is 24.1. The van der Waals surface area contributed by atoms with Crippen molar-refractivity contribution < 1.29 is 9.59 Å². The van der Waals surface area contributed by atoms with Crippen LogP contribution in [0.5, 0.6) is 0 Å². The van der Waals surface area contributed by atoms with Crippen molar-refractivity contribution in [3.05, 3.63) is 90.0 Å². The monoisotopic (exact) mass is 369 g/mol. The number of carbonyl (C=O) groups excluding carboxylic acids is 2. The van der Waals surface area contributed by atoms with Crippen molar-refractivity contribution in [2.45, 2.75) is 12.5 Å². The largest absolute Gasteiger partial charge is 0.342 e. The number of carbonyl (C=O) groups is 2. The van der Waals surface area contributed by atoms with E-state index in [1.165, 1.54) is 0 Å². The first kappa shape index (κ1) is 17.7. The summed E-state index contributed by atoms with van der Waals surface area (Å²) in [7, 11) is 0. The molecular formula is C23H19N3O2. The fraction of sp³-hybridized carbons (Fsp3) is 0.0870. The lowest BCUT2D eigenvalue weighted by Crippen LogP contribution is -2.37. The molecular weight excluding hydrogens is 350 g/mol. The maximum absolute atomic E-state index is 12.8. The molecule has 0 aliphatic carbocycles. The summed E-state index contributed by atoms with van der Waals surface area (Å²) in [6.45, 7) is 0. The molecule has 1 aromatic heterocycles. The third-order valence-electron chi connectivity index (χ3n) is 4.58. The van der Waals surface area contributed by atoms with Crippen molar-refractivity contribution in [2.75, 3.05) is 0 Å². The van der Waals surface area contributed by atoms with Gasteiger partial charge in [0.2, 0.25) is 0 Å². The summed E-state index contributed by atoms with van der Waals surface area (Å²) >= 11 is 0. The Morgan fingerprint density at radius 1 is 0.964 bits per heavy atom. The quantitative estimate of drug-likeness (QED) is 0.508. The van der Waals surface area contributed by atoms with Crippen LogP contribution in [0.1, 0.15) is 15.9 Å². The topological polar surface area (TPSA) is 74.8 Å². The fourth-order valence-corrected chi connectivity index (χ4v) is 3.20. The maximum Gasteiger partial charge on any atom is 0.254 e. The van der Waals surface area contributed by atoms with Gasteiger partial charge in [-0.1, -0.05) is 66.7 Å². The van der Waals surface area contributed by atoms with Crippen molar-refractivity contribution in [1.82, 2.24) is 15.3 Å². The molecule has 138 valence electrons. The van der Waals surface area contributed by atoms with Crippen molar-refractivity contribution >= 4 is 23.2 Å². The minimum absolute atomic E-state index is 0.315. The lowest BCUT2D eigenvalue weighted by atomic mass is 10.1. The number of imidazole rings is 1. The van der Waals surface area contributed by atoms with E-state index in [9.17, 15) is 9.59 Å². The third-order valence-corrected chi connectivity index (χ3v) is 4.58. The second-order valence-electron chi connectivity index (χ2n) is 6.56. The second-order valence-corrected chi connectivity index (χ2v) is 6.56. The van der Waals surface area contributed by atoms with Crippen LogP contribution in [0.2, 0.25) is 0 Å². The average Bonchev–Trinajstić information content (AvgIpc) is 3.19. The van der Waals surface area contributed by atoms with Gasteiger partial charge in [-0.05, 0) is 24.1 Å². The van der Waals surface area contributed by atoms with E-state index < -0.39 is 6.04 Å². The maximum atomic E-state index is 12.8. The van der Waals surface area contributed by atoms with Gasteiger partial charge in [-0.15, -0.1) is 0 Å². The van der Waals surface area contributed by atoms with Gasteiger partial charge < -0.3 is 15.1 Å². The van der Waals surface area contributed by atoms with E-state index in [-0.39, 0.29) is 5.91 Å². The minimum atomic E-state index is -0.599. The molecule has 28 heavy (non-hydrogen) atoms. The molecule has 0 aliphatic rings. The van der Waals surface area contributed by atoms with Crippen LogP contribution in [-0.2, 0) is 11.2 Å². The first-order valence-electron chi connectivity index (χ1n) is 9.09. The van der Waals surface area contributed by atoms with Gasteiger partial charge in [0.1, 0.15) is 17.6 Å². The highest BCUT2D eigenvalue weighted by Gasteiger charge is 2.18. The summed E-state index contributed by atoms with van der Waals surface area (Å²) in [5, 5.41) is 2.81. The van der Waals surface area contributed by atoms with Crippen LogP contribution in [0.4, 0.5) is 0 Å². The van der Waals surface area contributed by atoms with Crippen LogP contribution in [0.3, 0.4) is 0 Å². The number of hydrogen-bond donors (Lipinski definition) is 2. The number of hydrogen-bond acceptors (Lipinski definition) is 3. The number of rotatable bonds is 6. The van der Waals surface area contributed by atoms with E-state index in [0.29, 0.717) is 23.3 Å². The molecule has 3 aromatic carbocycles. The number of amides is 1. The molecule has 0 saturated carbocycles. The Morgan fingerprint density at radius 3 is 2.39 bits per heavy atom. The van der Waals surface area contributed by atoms with Gasteiger partial charge in [-0.3, -0.25) is 4.79 Å². The Morgan fingerprint density at radius 2 is 1.68 bits per heavy atom. The minimum Gasteiger partial charge on any atom is -0.342 e. The van der Waals surface area contributed by atoms with E-state index in [2.05, 4.69) is 15.3 Å². The molecule has 4 aromatic rings. The van der Waals surface area contributed by atoms with Crippen LogP contribution in [0.15, 0.2) is 78.9 Å². The lowest BCUT2D eigenvalue weighted by molar-refractivity contribution is -0.109. The first-order chi connectivity index (χ1) is 13.7. The van der Waals surface area contributed by atoms with E-state index >= 15 is 0 Å². The van der Waals surface area contributed by atoms with Crippen LogP contribution >= 0.6 is 0 Å². The molecule has 5 nitrogen and oxygen atoms in total. The van der Waals surface area contributed by atoms with Gasteiger partial charge in [-0.25, -0.2) is 4.98 Å². The number of nitrogens with one attached hydrogen (secondary N) is 2. The Bertz CT molecular complexity index is 1100. The number of benzene rings is 3. The fourth-order valence-electron chi connectivity index (χ4n) is 3.20. The number of fused-ring (bicyclic) bond motifs is 1. The Hall–Kier alpha value is -3.73. The number of aldehydes is 1. The highest BCUT2D eigenvalue weighted by Crippen LogP contribution is 2.22. The molecule has 0 bridgehead atoms. The Kier molecular flexibility index (Phi) is 4.97. The molecule has 0 unspecified atom stereocenters. The van der Waals surface area contributed by atoms with Crippen molar-refractivity contribution in [2.24, 2.45) is 0 Å². The third kappa shape index (κ3) is 3.69. The highest BCUT2D eigenvalue weighted by molar-refractivity contribution is 6.06. The average molecular weight is 369 g/mol. The Labute approximate surface area is 162 Å². The molecule has 0 radical (unpaired) electrons. The summed E-state index contributed by atoms with van der Waals surface area (Å²) in [6.07, 6.45) is 1.22. The molecule has 0 saturated heterocycles. The molecule has 0 aliphatic heterocycles. The summed E-state index contributed by atoms with van der Waals surface area (Å²) in [4.78, 5) is 32.2. The predicted octanol–water partition coefficient (Wildman–Crippen LogP) is 3.77. The molecule has 4 rings (SSSR count). The zero-order valence-electron chi connectivity index (χ0n) is 15.1. The van der Waals surface area contributed by atoms with Gasteiger partial charge in [0.05, 0.1) is 17.1 Å². The smallest absolute Gasteiger partial charge is 0.254 e. The molecule has 0 spiro atoms. The summed E-state index contributed by atoms with van der Waals surface area (Å²) < 4.78 is 0. The summed E-state index contributed by atoms with van der Waals surface area (Å²) in [5.41, 5.74) is 3.74. The number of nitrogens with zero attached hydrogens (tertiary/aromatic N) is 1. The van der Waals surface area contributed by atoms with Crippen molar-refractivity contribution in [1.29, 1.82) is 0 Å². The molecule has 0 fully saturated rings. The molecule has 1 amide bonds. The van der Waals surface area contributed by atoms with E-state index in [1.807, 2.05) is 66.7 Å². The van der Waals surface area contributed by atoms with Gasteiger partial charge in [0.25, 0.3) is 5.91 Å². The first-order valence-corrected chi connectivity index (χ1v) is 9.09. The van der Waals surface area contributed by atoms with E-state index in [0.717, 1.165) is 22.9 Å². The highest BCUT2D eigenvalue weighted by atomic mass is 16.2. The van der Waals surface area contributed by atoms with Gasteiger partial charge >= 0.3 is 0 Å². The van der Waals surface area contributed by atoms with E-state index in [1.54, 1.807) is 12.1 Å². The number of aromatic nitrogens is 2. The SMILES string of the molecule is O=C[C@H](Cc1ccccc1)NC(=O)c1cccc2[nH]c(-c3ccccc3)nc12. The standard InChI is InChI=1S/C23H19N3O2/c27-15-18(14-16-8-3-1-4-9-16)24-23(28)19-12-7-13-20-21(19)26-22(25-20)17-10-5-2-6-11-17/h1-13,15,18H,14H2,(H,24,28)(H,25,26)/t18-/m0/s1. The van der Waals surface area contributed by atoms with Crippen LogP contribution in [0.25, 0.3) is 22.4 Å². The Balaban J connectivity index is 1.60. The molecule has 1 atom stereocenters. The predicted molar refractivity (Wildman–Crippen MR) is 109 cm³/mol. The van der Waals surface area contributed by atoms with Crippen molar-refractivity contribution in [3.63, 3.8) is 0 Å². The van der Waals surface area contributed by atoms with Crippen LogP contribution in [0, 0.1) is 0 Å². The molecule has 1 heterocycles. The number of H-pyrrole nitrogens is 1. The van der Waals surface area contributed by atoms with E-state index in [4.69, 9.17) is 0 Å².